The fourth-order valence-electron chi connectivity index (χ4n) is 3.05. The van der Waals surface area contributed by atoms with E-state index >= 15 is 0 Å². The summed E-state index contributed by atoms with van der Waals surface area (Å²) in [5.41, 5.74) is -0.317. The van der Waals surface area contributed by atoms with Crippen molar-refractivity contribution in [1.29, 1.82) is 0 Å². The topological polar surface area (TPSA) is 64.0 Å². The number of aromatic nitrogens is 2. The van der Waals surface area contributed by atoms with Gasteiger partial charge in [0.15, 0.2) is 0 Å². The van der Waals surface area contributed by atoms with Crippen LogP contribution in [0.2, 0.25) is 5.02 Å². The second-order valence-corrected chi connectivity index (χ2v) is 7.83. The van der Waals surface area contributed by atoms with E-state index in [4.69, 9.17) is 11.6 Å². The van der Waals surface area contributed by atoms with Crippen molar-refractivity contribution >= 4 is 51.5 Å². The number of alkyl halides is 3. The van der Waals surface area contributed by atoms with Gasteiger partial charge in [0.2, 0.25) is 5.95 Å². The lowest BCUT2D eigenvalue weighted by Crippen LogP contribution is -2.17. The molecule has 1 aliphatic heterocycles. The molecule has 11 heteroatoms. The van der Waals surface area contributed by atoms with Crippen LogP contribution in [0, 0.1) is 5.95 Å². The number of benzene rings is 2. The number of carbonyl (C=O) groups excluding carboxylic acids is 2. The minimum atomic E-state index is -4.63. The zero-order chi connectivity index (χ0) is 21.6. The van der Waals surface area contributed by atoms with Gasteiger partial charge in [0.25, 0.3) is 11.1 Å². The molecule has 5 nitrogen and oxygen atoms in total. The molecule has 1 aliphatic rings. The van der Waals surface area contributed by atoms with Gasteiger partial charge in [-0.2, -0.15) is 17.6 Å². The summed E-state index contributed by atoms with van der Waals surface area (Å²) in [6.45, 7) is -0.320. The molecule has 1 aromatic heterocycles. The molecule has 30 heavy (non-hydrogen) atoms. The van der Waals surface area contributed by atoms with E-state index in [0.717, 1.165) is 22.5 Å². The van der Waals surface area contributed by atoms with Gasteiger partial charge in [-0.05, 0) is 53.2 Å². The summed E-state index contributed by atoms with van der Waals surface area (Å²) in [6, 6.07) is 7.81. The van der Waals surface area contributed by atoms with Gasteiger partial charge in [0.05, 0.1) is 27.9 Å². The van der Waals surface area contributed by atoms with Crippen molar-refractivity contribution in [2.24, 2.45) is 0 Å². The average Bonchev–Trinajstić information content (AvgIpc) is 3.14. The van der Waals surface area contributed by atoms with Gasteiger partial charge >= 0.3 is 6.18 Å². The van der Waals surface area contributed by atoms with Crippen LogP contribution in [0.25, 0.3) is 17.0 Å². The molecule has 0 unspecified atom stereocenters. The summed E-state index contributed by atoms with van der Waals surface area (Å²) in [7, 11) is 0. The molecule has 4 rings (SSSR count). The predicted molar refractivity (Wildman–Crippen MR) is 104 cm³/mol. The van der Waals surface area contributed by atoms with Gasteiger partial charge in [-0.25, -0.2) is 0 Å². The first-order valence-corrected chi connectivity index (χ1v) is 9.58. The number of imide groups is 1. The lowest BCUT2D eigenvalue weighted by Gasteiger charge is -2.13. The van der Waals surface area contributed by atoms with Crippen molar-refractivity contribution in [2.45, 2.75) is 12.7 Å². The normalized spacial score (nSPS) is 16.0. The first kappa shape index (κ1) is 20.4. The summed E-state index contributed by atoms with van der Waals surface area (Å²) in [5.74, 6) is -1.42. The maximum absolute atomic E-state index is 14.4. The predicted octanol–water partition coefficient (Wildman–Crippen LogP) is 5.22. The fraction of sp³-hybridized carbons (Fsp3) is 0.105. The number of halogens is 5. The molecule has 1 fully saturated rings. The van der Waals surface area contributed by atoms with Gasteiger partial charge in [0.1, 0.15) is 0 Å². The zero-order valence-electron chi connectivity index (χ0n) is 14.8. The third kappa shape index (κ3) is 3.92. The van der Waals surface area contributed by atoms with E-state index in [9.17, 15) is 27.2 Å². The van der Waals surface area contributed by atoms with Crippen LogP contribution < -0.4 is 5.32 Å². The Morgan fingerprint density at radius 1 is 1.17 bits per heavy atom. The smallest absolute Gasteiger partial charge is 0.282 e. The largest absolute Gasteiger partial charge is 0.416 e. The standard InChI is InChI=1S/C19H10ClF4N3O2S/c20-11-3-2-10(13(7-11)19(22,23)24)8-27-14-4-1-9(5-12(14)16(21)26-27)6-15-17(28)25-18(29)30-15/h1-7H,8H2,(H,25,28,29). The number of nitrogens with one attached hydrogen (secondary N) is 1. The Kier molecular flexibility index (Phi) is 5.07. The molecule has 0 atom stereocenters. The molecule has 0 radical (unpaired) electrons. The average molecular weight is 456 g/mol. The Labute approximate surface area is 175 Å². The van der Waals surface area contributed by atoms with Crippen LogP contribution in [0.1, 0.15) is 16.7 Å². The summed E-state index contributed by atoms with van der Waals surface area (Å²) in [5, 5.41) is 5.34. The lowest BCUT2D eigenvalue weighted by atomic mass is 10.1. The first-order valence-electron chi connectivity index (χ1n) is 8.38. The Bertz CT molecular complexity index is 1240. The van der Waals surface area contributed by atoms with E-state index in [-0.39, 0.29) is 32.9 Å². The molecular formula is C19H10ClF4N3O2S. The molecule has 2 amide bonds. The highest BCUT2D eigenvalue weighted by Crippen LogP contribution is 2.35. The number of nitrogens with zero attached hydrogens (tertiary/aromatic N) is 2. The molecule has 0 saturated carbocycles. The van der Waals surface area contributed by atoms with E-state index in [2.05, 4.69) is 10.4 Å². The van der Waals surface area contributed by atoms with Crippen molar-refractivity contribution < 1.29 is 27.2 Å². The van der Waals surface area contributed by atoms with Crippen LogP contribution in [-0.2, 0) is 17.5 Å². The highest BCUT2D eigenvalue weighted by atomic mass is 35.5. The SMILES string of the molecule is O=C1NC(=O)C(=Cc2ccc3c(c2)c(F)nn3Cc2ccc(Cl)cc2C(F)(F)F)S1. The van der Waals surface area contributed by atoms with Crippen molar-refractivity contribution in [2.75, 3.05) is 0 Å². The maximum Gasteiger partial charge on any atom is 0.416 e. The van der Waals surface area contributed by atoms with E-state index in [0.29, 0.717) is 5.56 Å². The van der Waals surface area contributed by atoms with Crippen molar-refractivity contribution in [3.8, 4) is 0 Å². The number of hydrogen-bond acceptors (Lipinski definition) is 4. The van der Waals surface area contributed by atoms with Gasteiger partial charge in [0, 0.05) is 5.02 Å². The van der Waals surface area contributed by atoms with E-state index in [1.165, 1.54) is 30.3 Å². The molecule has 154 valence electrons. The van der Waals surface area contributed by atoms with E-state index in [1.54, 1.807) is 6.07 Å². The fourth-order valence-corrected chi connectivity index (χ4v) is 3.91. The van der Waals surface area contributed by atoms with Crippen molar-refractivity contribution in [3.05, 3.63) is 69.0 Å². The lowest BCUT2D eigenvalue weighted by molar-refractivity contribution is -0.138. The Balaban J connectivity index is 1.72. The van der Waals surface area contributed by atoms with Crippen LogP contribution in [-0.4, -0.2) is 20.9 Å². The third-order valence-corrected chi connectivity index (χ3v) is 5.41. The molecule has 0 spiro atoms. The van der Waals surface area contributed by atoms with Gasteiger partial charge < -0.3 is 0 Å². The van der Waals surface area contributed by atoms with Crippen LogP contribution in [0.5, 0.6) is 0 Å². The Morgan fingerprint density at radius 2 is 1.93 bits per heavy atom. The van der Waals surface area contributed by atoms with Gasteiger partial charge in [-0.15, -0.1) is 5.10 Å². The van der Waals surface area contributed by atoms with Gasteiger partial charge in [-0.1, -0.05) is 23.7 Å². The minimum Gasteiger partial charge on any atom is -0.282 e. The number of amides is 2. The first-order chi connectivity index (χ1) is 14.1. The number of rotatable bonds is 3. The molecule has 0 aliphatic carbocycles. The number of thioether (sulfide) groups is 1. The molecule has 0 bridgehead atoms. The van der Waals surface area contributed by atoms with E-state index in [1.807, 2.05) is 0 Å². The molecule has 1 saturated heterocycles. The quantitative estimate of drug-likeness (QED) is 0.434. The summed E-state index contributed by atoms with van der Waals surface area (Å²) in [6.07, 6.45) is -3.21. The Hall–Kier alpha value is -2.85. The third-order valence-electron chi connectivity index (χ3n) is 4.37. The molecule has 2 aromatic carbocycles. The summed E-state index contributed by atoms with van der Waals surface area (Å²) >= 11 is 6.41. The second kappa shape index (κ2) is 7.44. The highest BCUT2D eigenvalue weighted by molar-refractivity contribution is 8.18. The van der Waals surface area contributed by atoms with Crippen LogP contribution in [0.3, 0.4) is 0 Å². The van der Waals surface area contributed by atoms with Gasteiger partial charge in [-0.3, -0.25) is 19.6 Å². The molecular weight excluding hydrogens is 446 g/mol. The zero-order valence-corrected chi connectivity index (χ0v) is 16.3. The molecule has 3 aromatic rings. The monoisotopic (exact) mass is 455 g/mol. The molecule has 2 heterocycles. The summed E-state index contributed by atoms with van der Waals surface area (Å²) < 4.78 is 55.5. The number of fused-ring (bicyclic) bond motifs is 1. The van der Waals surface area contributed by atoms with Crippen molar-refractivity contribution in [3.63, 3.8) is 0 Å². The van der Waals surface area contributed by atoms with Crippen molar-refractivity contribution in [1.82, 2.24) is 15.1 Å². The van der Waals surface area contributed by atoms with Crippen LogP contribution in [0.15, 0.2) is 41.3 Å². The van der Waals surface area contributed by atoms with Crippen LogP contribution >= 0.6 is 23.4 Å². The minimum absolute atomic E-state index is 0.0624. The summed E-state index contributed by atoms with van der Waals surface area (Å²) in [4.78, 5) is 23.1. The molecule has 1 N–H and O–H groups in total. The van der Waals surface area contributed by atoms with Crippen LogP contribution in [0.4, 0.5) is 22.4 Å². The second-order valence-electron chi connectivity index (χ2n) is 6.38. The maximum atomic E-state index is 14.4. The number of carbonyl (C=O) groups is 2. The number of hydrogen-bond donors (Lipinski definition) is 1. The van der Waals surface area contributed by atoms with E-state index < -0.39 is 28.8 Å². The highest BCUT2D eigenvalue weighted by Gasteiger charge is 2.34. The Morgan fingerprint density at radius 3 is 2.60 bits per heavy atom.